The fraction of sp³-hybridized carbons (Fsp3) is 0.745. The van der Waals surface area contributed by atoms with E-state index < -0.39 is 32.5 Å². The molecular formula is C47H84NO8P. The van der Waals surface area contributed by atoms with Crippen molar-refractivity contribution in [3.8, 4) is 0 Å². The van der Waals surface area contributed by atoms with E-state index in [2.05, 4.69) is 68.5 Å². The average Bonchev–Trinajstić information content (AvgIpc) is 3.20. The van der Waals surface area contributed by atoms with Gasteiger partial charge in [0.05, 0.1) is 13.2 Å². The van der Waals surface area contributed by atoms with E-state index in [0.29, 0.717) is 12.8 Å². The van der Waals surface area contributed by atoms with Crippen molar-refractivity contribution in [2.24, 2.45) is 5.73 Å². The third kappa shape index (κ3) is 43.1. The molecule has 330 valence electrons. The number of hydrogen-bond acceptors (Lipinski definition) is 8. The van der Waals surface area contributed by atoms with E-state index >= 15 is 0 Å². The Kier molecular flexibility index (Phi) is 41.6. The van der Waals surface area contributed by atoms with Crippen LogP contribution in [0.3, 0.4) is 0 Å². The lowest BCUT2D eigenvalue weighted by Crippen LogP contribution is -2.29. The first-order valence-electron chi connectivity index (χ1n) is 22.8. The maximum Gasteiger partial charge on any atom is 0.472 e. The van der Waals surface area contributed by atoms with Crippen molar-refractivity contribution in [1.29, 1.82) is 0 Å². The number of allylic oxidation sites excluding steroid dienone is 10. The zero-order chi connectivity index (χ0) is 41.8. The summed E-state index contributed by atoms with van der Waals surface area (Å²) in [6, 6.07) is 0. The summed E-state index contributed by atoms with van der Waals surface area (Å²) in [5, 5.41) is 0. The van der Waals surface area contributed by atoms with Gasteiger partial charge >= 0.3 is 19.8 Å². The molecule has 0 radical (unpaired) electrons. The van der Waals surface area contributed by atoms with Crippen LogP contribution in [0.15, 0.2) is 60.8 Å². The summed E-state index contributed by atoms with van der Waals surface area (Å²) in [4.78, 5) is 34.9. The molecule has 0 aromatic heterocycles. The summed E-state index contributed by atoms with van der Waals surface area (Å²) in [5.41, 5.74) is 5.35. The molecule has 3 N–H and O–H groups in total. The van der Waals surface area contributed by atoms with Gasteiger partial charge in [-0.3, -0.25) is 18.6 Å². The number of phosphoric acid groups is 1. The molecule has 57 heavy (non-hydrogen) atoms. The van der Waals surface area contributed by atoms with Gasteiger partial charge in [0.25, 0.3) is 0 Å². The lowest BCUT2D eigenvalue weighted by atomic mass is 10.0. The Bertz CT molecular complexity index is 1120. The number of carbonyl (C=O) groups excluding carboxylic acids is 2. The van der Waals surface area contributed by atoms with Crippen LogP contribution in [0.4, 0.5) is 0 Å². The highest BCUT2D eigenvalue weighted by Gasteiger charge is 2.25. The number of carbonyl (C=O) groups is 2. The minimum absolute atomic E-state index is 0.0430. The highest BCUT2D eigenvalue weighted by Crippen LogP contribution is 2.43. The molecule has 0 spiro atoms. The quantitative estimate of drug-likeness (QED) is 0.0267. The molecule has 0 rings (SSSR count). The monoisotopic (exact) mass is 822 g/mol. The average molecular weight is 822 g/mol. The molecule has 0 heterocycles. The van der Waals surface area contributed by atoms with Crippen LogP contribution in [-0.4, -0.2) is 49.3 Å². The summed E-state index contributed by atoms with van der Waals surface area (Å²) in [5.74, 6) is -0.894. The first-order chi connectivity index (χ1) is 27.8. The number of esters is 2. The molecule has 2 atom stereocenters. The molecule has 0 saturated carbocycles. The summed E-state index contributed by atoms with van der Waals surface area (Å²) in [6.07, 6.45) is 51.2. The van der Waals surface area contributed by atoms with E-state index in [4.69, 9.17) is 24.3 Å². The summed E-state index contributed by atoms with van der Waals surface area (Å²) in [7, 11) is -4.39. The normalized spacial score (nSPS) is 13.8. The molecule has 0 fully saturated rings. The van der Waals surface area contributed by atoms with Crippen LogP contribution in [0.1, 0.15) is 194 Å². The molecule has 2 unspecified atom stereocenters. The van der Waals surface area contributed by atoms with Crippen molar-refractivity contribution >= 4 is 19.8 Å². The van der Waals surface area contributed by atoms with Crippen LogP contribution >= 0.6 is 7.82 Å². The molecule has 0 bridgehead atoms. The van der Waals surface area contributed by atoms with Gasteiger partial charge in [-0.05, 0) is 51.4 Å². The van der Waals surface area contributed by atoms with E-state index in [1.54, 1.807) is 0 Å². The third-order valence-electron chi connectivity index (χ3n) is 9.42. The Morgan fingerprint density at radius 1 is 0.544 bits per heavy atom. The van der Waals surface area contributed by atoms with Gasteiger partial charge in [-0.2, -0.15) is 0 Å². The van der Waals surface area contributed by atoms with Crippen molar-refractivity contribution in [2.45, 2.75) is 200 Å². The lowest BCUT2D eigenvalue weighted by molar-refractivity contribution is -0.161. The highest BCUT2D eigenvalue weighted by atomic mass is 31.2. The molecule has 0 aliphatic rings. The summed E-state index contributed by atoms with van der Waals surface area (Å²) < 4.78 is 32.8. The molecule has 0 aliphatic heterocycles. The summed E-state index contributed by atoms with van der Waals surface area (Å²) >= 11 is 0. The zero-order valence-electron chi connectivity index (χ0n) is 36.3. The van der Waals surface area contributed by atoms with Crippen LogP contribution in [-0.2, 0) is 32.7 Å². The summed E-state index contributed by atoms with van der Waals surface area (Å²) in [6.45, 7) is 3.56. The minimum atomic E-state index is -4.39. The number of ether oxygens (including phenoxy) is 2. The lowest BCUT2D eigenvalue weighted by Gasteiger charge is -2.19. The zero-order valence-corrected chi connectivity index (χ0v) is 37.2. The molecule has 0 saturated heterocycles. The third-order valence-corrected chi connectivity index (χ3v) is 10.4. The number of unbranched alkanes of at least 4 members (excludes halogenated alkanes) is 19. The maximum absolute atomic E-state index is 12.6. The predicted octanol–water partition coefficient (Wildman–Crippen LogP) is 13.3. The van der Waals surface area contributed by atoms with Gasteiger partial charge in [0.15, 0.2) is 6.10 Å². The molecular weight excluding hydrogens is 737 g/mol. The van der Waals surface area contributed by atoms with E-state index in [1.807, 2.05) is 6.08 Å². The standard InChI is InChI=1S/C47H84NO8P/c1-3-5-7-9-11-13-15-17-19-21-22-24-25-27-29-31-33-35-37-39-46(49)53-43-45(44-55-57(51,52)54-42-41-48)56-47(50)40-38-36-34-32-30-28-26-23-20-18-16-14-12-10-8-6-4-2/h6,8,12,14,18,20,26,28,32,34,45H,3-5,7,9-11,13,15-17,19,21-25,27,29-31,33,35-44,48H2,1-2H3,(H,51,52). The fourth-order valence-electron chi connectivity index (χ4n) is 6.08. The molecule has 0 aliphatic carbocycles. The minimum Gasteiger partial charge on any atom is -0.462 e. The SMILES string of the molecule is CCC=CCC=CCC=CCC=CCC=CCCCC(=O)OC(COC(=O)CCCCCCCCCCCCCCCCCCCCC)COP(=O)(O)OCCN. The Balaban J connectivity index is 4.18. The Morgan fingerprint density at radius 2 is 0.965 bits per heavy atom. The first kappa shape index (κ1) is 54.7. The number of hydrogen-bond donors (Lipinski definition) is 2. The second-order valence-corrected chi connectivity index (χ2v) is 16.3. The van der Waals surface area contributed by atoms with Gasteiger partial charge in [-0.15, -0.1) is 0 Å². The predicted molar refractivity (Wildman–Crippen MR) is 238 cm³/mol. The smallest absolute Gasteiger partial charge is 0.462 e. The molecule has 9 nitrogen and oxygen atoms in total. The van der Waals surface area contributed by atoms with Crippen LogP contribution < -0.4 is 5.73 Å². The van der Waals surface area contributed by atoms with E-state index in [-0.39, 0.29) is 32.6 Å². The van der Waals surface area contributed by atoms with Gasteiger partial charge in [-0.25, -0.2) is 4.57 Å². The number of phosphoric ester groups is 1. The Labute approximate surface area is 349 Å². The fourth-order valence-corrected chi connectivity index (χ4v) is 6.85. The van der Waals surface area contributed by atoms with E-state index in [0.717, 1.165) is 51.4 Å². The van der Waals surface area contributed by atoms with Crippen LogP contribution in [0, 0.1) is 0 Å². The Morgan fingerprint density at radius 3 is 1.42 bits per heavy atom. The Hall–Kier alpha value is -2.29. The second-order valence-electron chi connectivity index (χ2n) is 14.9. The second kappa shape index (κ2) is 43.3. The van der Waals surface area contributed by atoms with Crippen molar-refractivity contribution in [1.82, 2.24) is 0 Å². The molecule has 0 aromatic carbocycles. The van der Waals surface area contributed by atoms with Crippen molar-refractivity contribution < 1.29 is 37.6 Å². The van der Waals surface area contributed by atoms with E-state index in [1.165, 1.54) is 103 Å². The highest BCUT2D eigenvalue weighted by molar-refractivity contribution is 7.47. The van der Waals surface area contributed by atoms with Crippen molar-refractivity contribution in [3.05, 3.63) is 60.8 Å². The maximum atomic E-state index is 12.6. The molecule has 0 aromatic rings. The largest absolute Gasteiger partial charge is 0.472 e. The van der Waals surface area contributed by atoms with Gasteiger partial charge < -0.3 is 20.1 Å². The van der Waals surface area contributed by atoms with Crippen molar-refractivity contribution in [2.75, 3.05) is 26.4 Å². The van der Waals surface area contributed by atoms with Gasteiger partial charge in [0, 0.05) is 19.4 Å². The van der Waals surface area contributed by atoms with Gasteiger partial charge in [0.2, 0.25) is 0 Å². The van der Waals surface area contributed by atoms with Crippen LogP contribution in [0.5, 0.6) is 0 Å². The van der Waals surface area contributed by atoms with Gasteiger partial charge in [-0.1, -0.05) is 190 Å². The van der Waals surface area contributed by atoms with Crippen LogP contribution in [0.2, 0.25) is 0 Å². The van der Waals surface area contributed by atoms with Crippen LogP contribution in [0.25, 0.3) is 0 Å². The van der Waals surface area contributed by atoms with Gasteiger partial charge in [0.1, 0.15) is 6.61 Å². The van der Waals surface area contributed by atoms with Crippen molar-refractivity contribution in [3.63, 3.8) is 0 Å². The number of rotatable bonds is 42. The molecule has 0 amide bonds. The first-order valence-corrected chi connectivity index (χ1v) is 24.3. The van der Waals surface area contributed by atoms with E-state index in [9.17, 15) is 19.0 Å². The number of nitrogens with two attached hydrogens (primary N) is 1. The topological polar surface area (TPSA) is 134 Å². The molecule has 10 heteroatoms.